The maximum Gasteiger partial charge on any atom is 0.264 e. The Morgan fingerprint density at radius 2 is 1.66 bits per heavy atom. The van der Waals surface area contributed by atoms with Gasteiger partial charge in [0.15, 0.2) is 5.65 Å². The van der Waals surface area contributed by atoms with Crippen LogP contribution in [0.1, 0.15) is 16.8 Å². The molecule has 2 aromatic heterocycles. The van der Waals surface area contributed by atoms with E-state index in [1.807, 2.05) is 6.07 Å². The molecule has 35 heavy (non-hydrogen) atoms. The molecule has 4 aromatic rings. The summed E-state index contributed by atoms with van der Waals surface area (Å²) in [6.45, 7) is 0.132. The number of ether oxygens (including phenoxy) is 2. The van der Waals surface area contributed by atoms with E-state index in [4.69, 9.17) is 9.47 Å². The van der Waals surface area contributed by atoms with Gasteiger partial charge in [0.2, 0.25) is 5.91 Å². The molecule has 0 saturated heterocycles. The first-order chi connectivity index (χ1) is 16.9. The molecule has 2 heterocycles. The molecule has 0 saturated carbocycles. The van der Waals surface area contributed by atoms with Gasteiger partial charge in [-0.2, -0.15) is 5.10 Å². The largest absolute Gasteiger partial charge is 0.494 e. The Morgan fingerprint density at radius 3 is 2.31 bits per heavy atom. The highest BCUT2D eigenvalue weighted by atomic mass is 16.5. The monoisotopic (exact) mass is 476 g/mol. The zero-order valence-corrected chi connectivity index (χ0v) is 19.4. The molecule has 2 N–H and O–H groups in total. The van der Waals surface area contributed by atoms with E-state index in [9.17, 15) is 14.4 Å². The number of hydrogen-bond donors (Lipinski definition) is 2. The van der Waals surface area contributed by atoms with Crippen molar-refractivity contribution in [3.8, 4) is 11.5 Å². The van der Waals surface area contributed by atoms with E-state index in [2.05, 4.69) is 20.7 Å². The van der Waals surface area contributed by atoms with Crippen molar-refractivity contribution in [1.29, 1.82) is 0 Å². The summed E-state index contributed by atoms with van der Waals surface area (Å²) in [6, 6.07) is 11.9. The number of rotatable bonds is 8. The summed E-state index contributed by atoms with van der Waals surface area (Å²) in [5, 5.41) is 9.98. The van der Waals surface area contributed by atoms with Crippen molar-refractivity contribution in [2.75, 3.05) is 24.9 Å². The van der Waals surface area contributed by atoms with E-state index in [1.165, 1.54) is 36.0 Å². The molecule has 0 fully saturated rings. The first kappa shape index (κ1) is 23.5. The molecule has 2 aromatic carbocycles. The molecule has 0 aliphatic rings. The minimum Gasteiger partial charge on any atom is -0.494 e. The van der Waals surface area contributed by atoms with Crippen molar-refractivity contribution in [3.05, 3.63) is 70.9 Å². The normalized spacial score (nSPS) is 10.7. The molecular weight excluding hydrogens is 452 g/mol. The van der Waals surface area contributed by atoms with Crippen LogP contribution in [0, 0.1) is 0 Å². The molecule has 0 atom stereocenters. The van der Waals surface area contributed by atoms with Gasteiger partial charge in [0, 0.05) is 37.7 Å². The lowest BCUT2D eigenvalue weighted by Crippen LogP contribution is -2.23. The minimum atomic E-state index is -0.343. The van der Waals surface area contributed by atoms with Crippen LogP contribution >= 0.6 is 0 Å². The minimum absolute atomic E-state index is 0.0192. The average molecular weight is 476 g/mol. The van der Waals surface area contributed by atoms with E-state index in [0.717, 1.165) is 0 Å². The van der Waals surface area contributed by atoms with E-state index in [0.29, 0.717) is 39.5 Å². The van der Waals surface area contributed by atoms with Crippen LogP contribution < -0.4 is 25.7 Å². The Hall–Kier alpha value is -4.67. The Bertz CT molecular complexity index is 1440. The maximum atomic E-state index is 12.7. The molecule has 0 spiro atoms. The van der Waals surface area contributed by atoms with Gasteiger partial charge in [-0.25, -0.2) is 4.98 Å². The number of carbonyl (C=O) groups is 2. The van der Waals surface area contributed by atoms with Crippen molar-refractivity contribution in [1.82, 2.24) is 19.3 Å². The number of amides is 2. The second-order valence-electron chi connectivity index (χ2n) is 7.62. The van der Waals surface area contributed by atoms with Gasteiger partial charge in [0.1, 0.15) is 16.9 Å². The molecule has 11 heteroatoms. The summed E-state index contributed by atoms with van der Waals surface area (Å²) >= 11 is 0. The van der Waals surface area contributed by atoms with Gasteiger partial charge in [0.25, 0.3) is 11.5 Å². The number of carbonyl (C=O) groups excluding carboxylic acids is 2. The third kappa shape index (κ3) is 4.98. The average Bonchev–Trinajstić information content (AvgIpc) is 3.26. The number of hydrogen-bond acceptors (Lipinski definition) is 7. The molecule has 0 aliphatic heterocycles. The van der Waals surface area contributed by atoms with Crippen LogP contribution in [0.2, 0.25) is 0 Å². The van der Waals surface area contributed by atoms with E-state index < -0.39 is 0 Å². The summed E-state index contributed by atoms with van der Waals surface area (Å²) in [7, 11) is 4.61. The predicted octanol–water partition coefficient (Wildman–Crippen LogP) is 2.43. The number of nitrogens with zero attached hydrogens (tertiary/aromatic N) is 4. The first-order valence-electron chi connectivity index (χ1n) is 10.7. The highest BCUT2D eigenvalue weighted by molar-refractivity contribution is 6.05. The highest BCUT2D eigenvalue weighted by Crippen LogP contribution is 2.36. The van der Waals surface area contributed by atoms with Crippen LogP contribution in [-0.2, 0) is 18.4 Å². The number of benzene rings is 2. The lowest BCUT2D eigenvalue weighted by atomic mass is 10.2. The standard InChI is InChI=1S/C24H24N6O5/c1-29-22-16(13-26-29)24(33)30(14-25-22)10-9-21(31)27-17-11-20(35-3)18(12-19(17)34-2)28-23(32)15-7-5-4-6-8-15/h4-8,11-14H,9-10H2,1-3H3,(H,27,31)(H,28,32). The molecule has 0 unspecified atom stereocenters. The number of methoxy groups -OCH3 is 2. The van der Waals surface area contributed by atoms with Crippen molar-refractivity contribution >= 4 is 34.2 Å². The molecule has 2 amide bonds. The van der Waals surface area contributed by atoms with E-state index in [1.54, 1.807) is 43.4 Å². The Kier molecular flexibility index (Phi) is 6.76. The number of nitrogens with one attached hydrogen (secondary N) is 2. The van der Waals surface area contributed by atoms with Gasteiger partial charge in [-0.15, -0.1) is 0 Å². The van der Waals surface area contributed by atoms with Crippen LogP contribution in [-0.4, -0.2) is 45.4 Å². The smallest absolute Gasteiger partial charge is 0.264 e. The number of aryl methyl sites for hydroxylation is 2. The fraction of sp³-hybridized carbons (Fsp3) is 0.208. The number of fused-ring (bicyclic) bond motifs is 1. The van der Waals surface area contributed by atoms with E-state index >= 15 is 0 Å². The van der Waals surface area contributed by atoms with Crippen LogP contribution in [0.4, 0.5) is 11.4 Å². The zero-order chi connectivity index (χ0) is 24.9. The number of aromatic nitrogens is 4. The second-order valence-corrected chi connectivity index (χ2v) is 7.62. The number of anilines is 2. The lowest BCUT2D eigenvalue weighted by Gasteiger charge is -2.16. The van der Waals surface area contributed by atoms with Crippen molar-refractivity contribution < 1.29 is 19.1 Å². The first-order valence-corrected chi connectivity index (χ1v) is 10.7. The summed E-state index contributed by atoms with van der Waals surface area (Å²) in [5.41, 5.74) is 1.44. The predicted molar refractivity (Wildman–Crippen MR) is 130 cm³/mol. The van der Waals surface area contributed by atoms with Crippen molar-refractivity contribution in [2.24, 2.45) is 7.05 Å². The van der Waals surface area contributed by atoms with Gasteiger partial charge in [-0.1, -0.05) is 18.2 Å². The third-order valence-electron chi connectivity index (χ3n) is 5.38. The SMILES string of the molecule is COc1cc(NC(=O)c2ccccc2)c(OC)cc1NC(=O)CCn1cnc2c(cnn2C)c1=O. The summed E-state index contributed by atoms with van der Waals surface area (Å²) in [4.78, 5) is 42.0. The van der Waals surface area contributed by atoms with Gasteiger partial charge in [0.05, 0.1) is 38.1 Å². The summed E-state index contributed by atoms with van der Waals surface area (Å²) < 4.78 is 13.7. The van der Waals surface area contributed by atoms with Crippen LogP contribution in [0.3, 0.4) is 0 Å². The Labute approximate surface area is 200 Å². The molecule has 0 bridgehead atoms. The van der Waals surface area contributed by atoms with Crippen molar-refractivity contribution in [2.45, 2.75) is 13.0 Å². The Morgan fingerprint density at radius 1 is 1.00 bits per heavy atom. The molecule has 180 valence electrons. The second kappa shape index (κ2) is 10.1. The Balaban J connectivity index is 1.48. The zero-order valence-electron chi connectivity index (χ0n) is 19.4. The maximum absolute atomic E-state index is 12.7. The van der Waals surface area contributed by atoms with Gasteiger partial charge < -0.3 is 20.1 Å². The molecule has 11 nitrogen and oxygen atoms in total. The van der Waals surface area contributed by atoms with Crippen molar-refractivity contribution in [3.63, 3.8) is 0 Å². The lowest BCUT2D eigenvalue weighted by molar-refractivity contribution is -0.116. The van der Waals surface area contributed by atoms with Gasteiger partial charge >= 0.3 is 0 Å². The van der Waals surface area contributed by atoms with Crippen LogP contribution in [0.25, 0.3) is 11.0 Å². The van der Waals surface area contributed by atoms with E-state index in [-0.39, 0.29) is 30.3 Å². The quantitative estimate of drug-likeness (QED) is 0.400. The van der Waals surface area contributed by atoms with Gasteiger partial charge in [-0.3, -0.25) is 23.6 Å². The molecular formula is C24H24N6O5. The fourth-order valence-electron chi connectivity index (χ4n) is 3.54. The van der Waals surface area contributed by atoms with Crippen LogP contribution in [0.15, 0.2) is 59.8 Å². The topological polar surface area (TPSA) is 129 Å². The molecule has 0 radical (unpaired) electrons. The summed E-state index contributed by atoms with van der Waals surface area (Å²) in [5.74, 6) is 0.0166. The van der Waals surface area contributed by atoms with Gasteiger partial charge in [-0.05, 0) is 12.1 Å². The summed E-state index contributed by atoms with van der Waals surface area (Å²) in [6.07, 6.45) is 2.87. The fourth-order valence-corrected chi connectivity index (χ4v) is 3.54. The third-order valence-corrected chi connectivity index (χ3v) is 5.38. The highest BCUT2D eigenvalue weighted by Gasteiger charge is 2.17. The molecule has 4 rings (SSSR count). The molecule has 0 aliphatic carbocycles. The van der Waals surface area contributed by atoms with Crippen LogP contribution in [0.5, 0.6) is 11.5 Å².